The summed E-state index contributed by atoms with van der Waals surface area (Å²) in [6.45, 7) is 6.41. The number of alkyl halides is 3. The van der Waals surface area contributed by atoms with Crippen molar-refractivity contribution in [2.45, 2.75) is 77.1 Å². The molecule has 0 unspecified atom stereocenters. The van der Waals surface area contributed by atoms with E-state index < -0.39 is 17.3 Å². The van der Waals surface area contributed by atoms with Crippen LogP contribution in [0.5, 0.6) is 11.5 Å². The van der Waals surface area contributed by atoms with Crippen LogP contribution in [0.25, 0.3) is 10.9 Å². The maximum absolute atomic E-state index is 14.6. The SMILES string of the molecule is COc1ccc(NC(=O)C2(N(Cc3ccc(C(F)(F)F)cc3)C(=O)C[C@@H]3[C@H](c4c(C)[nH]c5ccccc45)C3(C)C)CCCC2)c(OC)c1. The van der Waals surface area contributed by atoms with Gasteiger partial charge in [0.15, 0.2) is 0 Å². The van der Waals surface area contributed by atoms with Gasteiger partial charge >= 0.3 is 6.18 Å². The minimum Gasteiger partial charge on any atom is -0.497 e. The number of hydrogen-bond acceptors (Lipinski definition) is 4. The molecule has 2 aliphatic rings. The molecular weight excluding hydrogens is 619 g/mol. The first kappa shape index (κ1) is 33.4. The van der Waals surface area contributed by atoms with Crippen molar-refractivity contribution >= 4 is 28.4 Å². The molecule has 0 aliphatic heterocycles. The number of benzene rings is 3. The van der Waals surface area contributed by atoms with Crippen molar-refractivity contribution in [3.63, 3.8) is 0 Å². The zero-order chi connectivity index (χ0) is 34.4. The second kappa shape index (κ2) is 12.5. The van der Waals surface area contributed by atoms with E-state index in [1.807, 2.05) is 18.2 Å². The number of ether oxygens (including phenoxy) is 2. The minimum atomic E-state index is -4.48. The largest absolute Gasteiger partial charge is 0.497 e. The predicted octanol–water partition coefficient (Wildman–Crippen LogP) is 8.62. The Bertz CT molecular complexity index is 1820. The molecular formula is C38H42F3N3O4. The van der Waals surface area contributed by atoms with Gasteiger partial charge in [-0.05, 0) is 78.5 Å². The molecule has 2 saturated carbocycles. The van der Waals surface area contributed by atoms with Crippen molar-refractivity contribution in [2.75, 3.05) is 19.5 Å². The fraction of sp³-hybridized carbons (Fsp3) is 0.421. The monoisotopic (exact) mass is 661 g/mol. The predicted molar refractivity (Wildman–Crippen MR) is 179 cm³/mol. The summed E-state index contributed by atoms with van der Waals surface area (Å²) in [5, 5.41) is 4.17. The van der Waals surface area contributed by atoms with Crippen molar-refractivity contribution in [3.8, 4) is 11.5 Å². The number of amides is 2. The van der Waals surface area contributed by atoms with E-state index >= 15 is 0 Å². The van der Waals surface area contributed by atoms with Crippen LogP contribution in [0, 0.1) is 18.3 Å². The number of aryl methyl sites for hydroxylation is 1. The zero-order valence-electron chi connectivity index (χ0n) is 28.0. The van der Waals surface area contributed by atoms with Crippen LogP contribution in [-0.4, -0.2) is 41.5 Å². The van der Waals surface area contributed by atoms with Crippen LogP contribution < -0.4 is 14.8 Å². The molecule has 0 radical (unpaired) electrons. The number of para-hydroxylation sites is 1. The van der Waals surface area contributed by atoms with Gasteiger partial charge in [-0.2, -0.15) is 13.2 Å². The topological polar surface area (TPSA) is 83.7 Å². The minimum absolute atomic E-state index is 0.00800. The molecule has 48 heavy (non-hydrogen) atoms. The molecule has 0 spiro atoms. The molecule has 2 aliphatic carbocycles. The Morgan fingerprint density at radius 1 is 0.979 bits per heavy atom. The van der Waals surface area contributed by atoms with Gasteiger partial charge in [0.1, 0.15) is 17.0 Å². The van der Waals surface area contributed by atoms with Crippen molar-refractivity contribution in [2.24, 2.45) is 11.3 Å². The van der Waals surface area contributed by atoms with Crippen LogP contribution >= 0.6 is 0 Å². The highest BCUT2D eigenvalue weighted by Crippen LogP contribution is 2.67. The van der Waals surface area contributed by atoms with Crippen LogP contribution in [-0.2, 0) is 22.3 Å². The molecule has 254 valence electrons. The number of rotatable bonds is 10. The molecule has 1 heterocycles. The van der Waals surface area contributed by atoms with E-state index in [9.17, 15) is 22.8 Å². The second-order valence-corrected chi connectivity index (χ2v) is 13.8. The normalized spacial score (nSPS) is 19.6. The smallest absolute Gasteiger partial charge is 0.416 e. The number of anilines is 1. The van der Waals surface area contributed by atoms with Crippen LogP contribution in [0.2, 0.25) is 0 Å². The number of H-pyrrole nitrogens is 1. The molecule has 1 aromatic heterocycles. The van der Waals surface area contributed by atoms with Gasteiger partial charge in [0, 0.05) is 35.6 Å². The fourth-order valence-corrected chi connectivity index (χ4v) is 7.88. The van der Waals surface area contributed by atoms with Gasteiger partial charge < -0.3 is 24.7 Å². The van der Waals surface area contributed by atoms with Gasteiger partial charge in [-0.25, -0.2) is 0 Å². The van der Waals surface area contributed by atoms with Gasteiger partial charge in [-0.3, -0.25) is 9.59 Å². The number of hydrogen-bond donors (Lipinski definition) is 2. The lowest BCUT2D eigenvalue weighted by Gasteiger charge is -2.40. The maximum Gasteiger partial charge on any atom is 0.416 e. The maximum atomic E-state index is 14.6. The van der Waals surface area contributed by atoms with Gasteiger partial charge in [-0.1, -0.05) is 57.0 Å². The standard InChI is InChI=1S/C38H42F3N3O4/c1-23-33(27-10-6-7-11-29(27)42-23)34-28(36(34,2)3)21-32(45)44(22-24-12-14-25(15-13-24)38(39,40)41)37(18-8-9-19-37)35(46)43-30-17-16-26(47-4)20-31(30)48-5/h6-7,10-17,20,28,34,42H,8-9,18-19,21-22H2,1-5H3,(H,43,46)/t28-,34-/m1/s1. The number of aromatic amines is 1. The number of carbonyl (C=O) groups is 2. The summed E-state index contributed by atoms with van der Waals surface area (Å²) in [7, 11) is 3.04. The van der Waals surface area contributed by atoms with Gasteiger partial charge in [0.25, 0.3) is 0 Å². The van der Waals surface area contributed by atoms with Gasteiger partial charge in [0.2, 0.25) is 11.8 Å². The van der Waals surface area contributed by atoms with Crippen LogP contribution in [0.1, 0.15) is 74.3 Å². The molecule has 7 nitrogen and oxygen atoms in total. The van der Waals surface area contributed by atoms with Gasteiger partial charge in [0.05, 0.1) is 25.5 Å². The molecule has 2 atom stereocenters. The van der Waals surface area contributed by atoms with Crippen LogP contribution in [0.3, 0.4) is 0 Å². The Morgan fingerprint density at radius 2 is 1.67 bits per heavy atom. The first-order valence-corrected chi connectivity index (χ1v) is 16.4. The molecule has 0 saturated heterocycles. The third kappa shape index (κ3) is 6.01. The third-order valence-electron chi connectivity index (χ3n) is 10.6. The Balaban J connectivity index is 1.34. The summed E-state index contributed by atoms with van der Waals surface area (Å²) in [6, 6.07) is 18.1. The Hall–Kier alpha value is -4.47. The Kier molecular flexibility index (Phi) is 8.72. The molecule has 4 aromatic rings. The fourth-order valence-electron chi connectivity index (χ4n) is 7.88. The summed E-state index contributed by atoms with van der Waals surface area (Å²) in [5.74, 6) is 0.581. The van der Waals surface area contributed by atoms with Crippen molar-refractivity contribution < 1.29 is 32.2 Å². The number of nitrogens with one attached hydrogen (secondary N) is 2. The average Bonchev–Trinajstić information content (AvgIpc) is 3.41. The van der Waals surface area contributed by atoms with Crippen molar-refractivity contribution in [3.05, 3.63) is 89.1 Å². The van der Waals surface area contributed by atoms with Crippen molar-refractivity contribution in [1.29, 1.82) is 0 Å². The number of methoxy groups -OCH3 is 2. The van der Waals surface area contributed by atoms with Crippen molar-refractivity contribution in [1.82, 2.24) is 9.88 Å². The highest BCUT2D eigenvalue weighted by Gasteiger charge is 2.61. The molecule has 2 fully saturated rings. The van der Waals surface area contributed by atoms with Crippen LogP contribution in [0.4, 0.5) is 18.9 Å². The molecule has 2 amide bonds. The lowest BCUT2D eigenvalue weighted by molar-refractivity contribution is -0.146. The Labute approximate surface area is 278 Å². The number of carbonyl (C=O) groups excluding carboxylic acids is 2. The first-order valence-electron chi connectivity index (χ1n) is 16.4. The summed E-state index contributed by atoms with van der Waals surface area (Å²) in [4.78, 5) is 34.2. The molecule has 3 aromatic carbocycles. The van der Waals surface area contributed by atoms with E-state index in [2.05, 4.69) is 37.1 Å². The lowest BCUT2D eigenvalue weighted by atomic mass is 9.91. The average molecular weight is 662 g/mol. The molecule has 10 heteroatoms. The summed E-state index contributed by atoms with van der Waals surface area (Å²) < 4.78 is 51.0. The number of aromatic nitrogens is 1. The second-order valence-electron chi connectivity index (χ2n) is 13.8. The van der Waals surface area contributed by atoms with E-state index in [1.54, 1.807) is 23.1 Å². The molecule has 0 bridgehead atoms. The van der Waals surface area contributed by atoms with E-state index in [0.717, 1.165) is 41.6 Å². The quantitative estimate of drug-likeness (QED) is 0.178. The van der Waals surface area contributed by atoms with Crippen LogP contribution in [0.15, 0.2) is 66.7 Å². The molecule has 6 rings (SSSR count). The Morgan fingerprint density at radius 3 is 2.31 bits per heavy atom. The number of nitrogens with zero attached hydrogens (tertiary/aromatic N) is 1. The van der Waals surface area contributed by atoms with E-state index in [-0.39, 0.29) is 42.0 Å². The van der Waals surface area contributed by atoms with E-state index in [1.165, 1.54) is 31.9 Å². The highest BCUT2D eigenvalue weighted by atomic mass is 19.4. The highest BCUT2D eigenvalue weighted by molar-refractivity contribution is 6.02. The summed E-state index contributed by atoms with van der Waals surface area (Å²) in [6.07, 6.45) is -1.94. The van der Waals surface area contributed by atoms with E-state index in [4.69, 9.17) is 9.47 Å². The van der Waals surface area contributed by atoms with Gasteiger partial charge in [-0.15, -0.1) is 0 Å². The zero-order valence-corrected chi connectivity index (χ0v) is 28.0. The summed E-state index contributed by atoms with van der Waals surface area (Å²) in [5.41, 5.74) is 2.17. The molecule has 2 N–H and O–H groups in total. The lowest BCUT2D eigenvalue weighted by Crippen LogP contribution is -2.57. The number of fused-ring (bicyclic) bond motifs is 1. The summed E-state index contributed by atoms with van der Waals surface area (Å²) >= 11 is 0. The number of halogens is 3. The third-order valence-corrected chi connectivity index (χ3v) is 10.6. The first-order chi connectivity index (χ1) is 22.8. The van der Waals surface area contributed by atoms with E-state index in [0.29, 0.717) is 35.6 Å².